The fourth-order valence-corrected chi connectivity index (χ4v) is 1.95. The first kappa shape index (κ1) is 14.0. The molecule has 0 saturated heterocycles. The lowest BCUT2D eigenvalue weighted by atomic mass is 10.1. The Bertz CT molecular complexity index is 602. The maximum Gasteiger partial charge on any atom is 0.308 e. The van der Waals surface area contributed by atoms with Gasteiger partial charge in [-0.1, -0.05) is 13.0 Å². The first-order valence-electron chi connectivity index (χ1n) is 6.36. The third-order valence-corrected chi connectivity index (χ3v) is 3.14. The number of pyridine rings is 1. The van der Waals surface area contributed by atoms with Gasteiger partial charge in [-0.05, 0) is 12.1 Å². The van der Waals surface area contributed by atoms with Crippen LogP contribution < -0.4 is 0 Å². The number of carbonyl (C=O) groups excluding carboxylic acids is 1. The third-order valence-electron chi connectivity index (χ3n) is 3.14. The molecular weight excluding hydrogens is 258 g/mol. The summed E-state index contributed by atoms with van der Waals surface area (Å²) >= 11 is 0. The lowest BCUT2D eigenvalue weighted by Gasteiger charge is -2.18. The molecule has 0 aliphatic heterocycles. The first-order chi connectivity index (χ1) is 9.47. The molecule has 0 aliphatic carbocycles. The Morgan fingerprint density at radius 2 is 2.20 bits per heavy atom. The molecule has 2 aromatic rings. The van der Waals surface area contributed by atoms with Crippen LogP contribution in [0.3, 0.4) is 0 Å². The summed E-state index contributed by atoms with van der Waals surface area (Å²) in [6.45, 7) is 1.78. The highest BCUT2D eigenvalue weighted by atomic mass is 16.4. The number of amides is 1. The summed E-state index contributed by atoms with van der Waals surface area (Å²) in [6.07, 6.45) is 3.85. The summed E-state index contributed by atoms with van der Waals surface area (Å²) in [4.78, 5) is 28.6. The van der Waals surface area contributed by atoms with Crippen LogP contribution in [0.25, 0.3) is 5.65 Å². The van der Waals surface area contributed by atoms with Gasteiger partial charge in [-0.25, -0.2) is 4.98 Å². The molecule has 20 heavy (non-hydrogen) atoms. The molecule has 6 heteroatoms. The van der Waals surface area contributed by atoms with E-state index in [1.165, 1.54) is 4.90 Å². The minimum atomic E-state index is -0.905. The van der Waals surface area contributed by atoms with E-state index in [2.05, 4.69) is 4.98 Å². The maximum atomic E-state index is 12.0. The number of hydrogen-bond acceptors (Lipinski definition) is 3. The highest BCUT2D eigenvalue weighted by Crippen LogP contribution is 2.07. The summed E-state index contributed by atoms with van der Waals surface area (Å²) in [5, 5.41) is 8.84. The van der Waals surface area contributed by atoms with Crippen molar-refractivity contribution < 1.29 is 14.7 Å². The zero-order chi connectivity index (χ0) is 14.7. The van der Waals surface area contributed by atoms with E-state index in [-0.39, 0.29) is 18.9 Å². The molecule has 2 aromatic heterocycles. The minimum absolute atomic E-state index is 0.137. The second-order valence-corrected chi connectivity index (χ2v) is 4.89. The van der Waals surface area contributed by atoms with Crippen molar-refractivity contribution >= 4 is 17.5 Å². The van der Waals surface area contributed by atoms with E-state index < -0.39 is 11.9 Å². The summed E-state index contributed by atoms with van der Waals surface area (Å²) < 4.78 is 1.85. The van der Waals surface area contributed by atoms with E-state index in [1.54, 1.807) is 14.0 Å². The smallest absolute Gasteiger partial charge is 0.308 e. The largest absolute Gasteiger partial charge is 0.481 e. The van der Waals surface area contributed by atoms with Crippen molar-refractivity contribution in [2.45, 2.75) is 13.3 Å². The molecule has 2 rings (SSSR count). The van der Waals surface area contributed by atoms with E-state index >= 15 is 0 Å². The topological polar surface area (TPSA) is 74.9 Å². The molecule has 106 valence electrons. The molecule has 0 saturated carbocycles. The Hall–Kier alpha value is -2.37. The van der Waals surface area contributed by atoms with Crippen LogP contribution >= 0.6 is 0 Å². The number of rotatable bonds is 5. The Kier molecular flexibility index (Phi) is 4.02. The molecule has 1 N–H and O–H groups in total. The second-order valence-electron chi connectivity index (χ2n) is 4.89. The molecular formula is C14H17N3O3. The van der Waals surface area contributed by atoms with Crippen molar-refractivity contribution in [3.8, 4) is 0 Å². The molecule has 1 atom stereocenters. The quantitative estimate of drug-likeness (QED) is 0.885. The summed E-state index contributed by atoms with van der Waals surface area (Å²) in [5.41, 5.74) is 1.47. The zero-order valence-corrected chi connectivity index (χ0v) is 11.5. The Morgan fingerprint density at radius 1 is 1.45 bits per heavy atom. The Labute approximate surface area is 116 Å². The van der Waals surface area contributed by atoms with E-state index in [0.29, 0.717) is 5.69 Å². The van der Waals surface area contributed by atoms with Crippen LogP contribution in [0.4, 0.5) is 0 Å². The van der Waals surface area contributed by atoms with Gasteiger partial charge in [0.1, 0.15) is 5.65 Å². The van der Waals surface area contributed by atoms with Gasteiger partial charge in [0.15, 0.2) is 0 Å². The molecule has 6 nitrogen and oxygen atoms in total. The monoisotopic (exact) mass is 275 g/mol. The van der Waals surface area contributed by atoms with Crippen LogP contribution in [0.5, 0.6) is 0 Å². The average molecular weight is 275 g/mol. The maximum absolute atomic E-state index is 12.0. The normalized spacial score (nSPS) is 12.3. The number of likely N-dealkylation sites (N-methyl/N-ethyl adjacent to an activating group) is 1. The Balaban J connectivity index is 2.01. The van der Waals surface area contributed by atoms with Crippen LogP contribution in [0.2, 0.25) is 0 Å². The fraction of sp³-hybridized carbons (Fsp3) is 0.357. The number of imidazole rings is 1. The van der Waals surface area contributed by atoms with Crippen LogP contribution in [0.15, 0.2) is 30.6 Å². The number of fused-ring (bicyclic) bond motifs is 1. The van der Waals surface area contributed by atoms with Gasteiger partial charge in [0.2, 0.25) is 5.91 Å². The van der Waals surface area contributed by atoms with E-state index in [9.17, 15) is 9.59 Å². The molecule has 1 amide bonds. The predicted molar refractivity (Wildman–Crippen MR) is 73.3 cm³/mol. The predicted octanol–water partition coefficient (Wildman–Crippen LogP) is 1.06. The van der Waals surface area contributed by atoms with Crippen molar-refractivity contribution in [2.75, 3.05) is 13.6 Å². The number of aromatic nitrogens is 2. The van der Waals surface area contributed by atoms with Crippen LogP contribution in [-0.2, 0) is 16.0 Å². The number of carboxylic acids is 1. The number of aliphatic carboxylic acids is 1. The number of nitrogens with zero attached hydrogens (tertiary/aromatic N) is 3. The lowest BCUT2D eigenvalue weighted by Crippen LogP contribution is -2.34. The number of carbonyl (C=O) groups is 2. The first-order valence-corrected chi connectivity index (χ1v) is 6.36. The van der Waals surface area contributed by atoms with Crippen molar-refractivity contribution in [1.82, 2.24) is 14.3 Å². The van der Waals surface area contributed by atoms with Gasteiger partial charge in [0.05, 0.1) is 18.0 Å². The zero-order valence-electron chi connectivity index (χ0n) is 11.5. The second kappa shape index (κ2) is 5.73. The van der Waals surface area contributed by atoms with Crippen molar-refractivity contribution in [3.05, 3.63) is 36.3 Å². The van der Waals surface area contributed by atoms with E-state index in [4.69, 9.17) is 5.11 Å². The van der Waals surface area contributed by atoms with E-state index in [0.717, 1.165) is 5.65 Å². The van der Waals surface area contributed by atoms with Crippen molar-refractivity contribution in [2.24, 2.45) is 5.92 Å². The minimum Gasteiger partial charge on any atom is -0.481 e. The molecule has 0 fully saturated rings. The molecule has 2 heterocycles. The summed E-state index contributed by atoms with van der Waals surface area (Å²) in [7, 11) is 1.61. The van der Waals surface area contributed by atoms with Gasteiger partial charge in [0.25, 0.3) is 0 Å². The highest BCUT2D eigenvalue weighted by molar-refractivity contribution is 5.79. The lowest BCUT2D eigenvalue weighted by molar-refractivity contribution is -0.142. The summed E-state index contributed by atoms with van der Waals surface area (Å²) in [6, 6.07) is 5.64. The van der Waals surface area contributed by atoms with Gasteiger partial charge >= 0.3 is 5.97 Å². The third kappa shape index (κ3) is 3.14. The SMILES string of the molecule is CC(CN(C)C(=O)Cc1cn2ccccc2n1)C(=O)O. The van der Waals surface area contributed by atoms with Crippen molar-refractivity contribution in [1.29, 1.82) is 0 Å². The number of carboxylic acid groups (broad SMARTS) is 1. The van der Waals surface area contributed by atoms with Gasteiger partial charge in [-0.15, -0.1) is 0 Å². The average Bonchev–Trinajstić information content (AvgIpc) is 2.80. The number of hydrogen-bond donors (Lipinski definition) is 1. The Morgan fingerprint density at radius 3 is 2.85 bits per heavy atom. The molecule has 0 radical (unpaired) electrons. The van der Waals surface area contributed by atoms with Crippen LogP contribution in [0, 0.1) is 5.92 Å². The molecule has 0 aromatic carbocycles. The van der Waals surface area contributed by atoms with Gasteiger partial charge in [0, 0.05) is 26.0 Å². The standard InChI is InChI=1S/C14H17N3O3/c1-10(14(19)20)8-16(2)13(18)7-11-9-17-6-4-3-5-12(17)15-11/h3-6,9-10H,7-8H2,1-2H3,(H,19,20). The van der Waals surface area contributed by atoms with Gasteiger partial charge in [-0.3, -0.25) is 9.59 Å². The molecule has 1 unspecified atom stereocenters. The molecule has 0 bridgehead atoms. The highest BCUT2D eigenvalue weighted by Gasteiger charge is 2.18. The van der Waals surface area contributed by atoms with Crippen LogP contribution in [-0.4, -0.2) is 44.9 Å². The van der Waals surface area contributed by atoms with Gasteiger partial charge in [-0.2, -0.15) is 0 Å². The van der Waals surface area contributed by atoms with Gasteiger partial charge < -0.3 is 14.4 Å². The summed E-state index contributed by atoms with van der Waals surface area (Å²) in [5.74, 6) is -1.62. The van der Waals surface area contributed by atoms with E-state index in [1.807, 2.05) is 35.0 Å². The molecule has 0 aliphatic rings. The van der Waals surface area contributed by atoms with Crippen LogP contribution in [0.1, 0.15) is 12.6 Å². The van der Waals surface area contributed by atoms with Crippen molar-refractivity contribution in [3.63, 3.8) is 0 Å². The fourth-order valence-electron chi connectivity index (χ4n) is 1.95. The molecule has 0 spiro atoms.